The molecule has 1 saturated heterocycles. The average Bonchev–Trinajstić information content (AvgIpc) is 2.59. The number of urea groups is 1. The minimum atomic E-state index is -0.487. The maximum atomic E-state index is 12.2. The zero-order chi connectivity index (χ0) is 17.2. The van der Waals surface area contributed by atoms with Gasteiger partial charge in [0.05, 0.1) is 0 Å². The minimum Gasteiger partial charge on any atom is -0.352 e. The number of nitrogens with zero attached hydrogens (tertiary/aromatic N) is 2. The fraction of sp³-hybridized carbons (Fsp3) is 0.556. The van der Waals surface area contributed by atoms with Crippen molar-refractivity contribution in [3.05, 3.63) is 35.9 Å². The van der Waals surface area contributed by atoms with Crippen LogP contribution >= 0.6 is 0 Å². The van der Waals surface area contributed by atoms with Gasteiger partial charge in [0.15, 0.2) is 0 Å². The molecule has 2 rings (SSSR count). The maximum absolute atomic E-state index is 12.2. The van der Waals surface area contributed by atoms with Crippen LogP contribution in [0.2, 0.25) is 0 Å². The van der Waals surface area contributed by atoms with Crippen LogP contribution in [0.25, 0.3) is 0 Å². The number of nitrogens with two attached hydrogens (primary N) is 1. The van der Waals surface area contributed by atoms with E-state index in [9.17, 15) is 9.59 Å². The Morgan fingerprint density at radius 1 is 1.00 bits per heavy atom. The molecule has 1 heterocycles. The van der Waals surface area contributed by atoms with Gasteiger partial charge in [-0.3, -0.25) is 9.69 Å². The Hall–Kier alpha value is -2.08. The number of piperazine rings is 1. The number of primary amides is 1. The molecule has 3 N–H and O–H groups in total. The van der Waals surface area contributed by atoms with Gasteiger partial charge in [-0.2, -0.15) is 0 Å². The summed E-state index contributed by atoms with van der Waals surface area (Å²) >= 11 is 0. The fourth-order valence-electron chi connectivity index (χ4n) is 2.94. The lowest BCUT2D eigenvalue weighted by molar-refractivity contribution is -0.133. The summed E-state index contributed by atoms with van der Waals surface area (Å²) in [5.41, 5.74) is 6.32. The molecule has 0 aliphatic carbocycles. The lowest BCUT2D eigenvalue weighted by atomic mass is 10.1. The van der Waals surface area contributed by atoms with Gasteiger partial charge in [-0.25, -0.2) is 4.79 Å². The van der Waals surface area contributed by atoms with Gasteiger partial charge in [0.1, 0.15) is 0 Å². The first-order valence-corrected chi connectivity index (χ1v) is 8.72. The number of rotatable bonds is 8. The van der Waals surface area contributed by atoms with Gasteiger partial charge in [-0.15, -0.1) is 0 Å². The average molecular weight is 332 g/mol. The molecule has 0 unspecified atom stereocenters. The molecule has 0 radical (unpaired) electrons. The van der Waals surface area contributed by atoms with E-state index >= 15 is 0 Å². The van der Waals surface area contributed by atoms with Crippen LogP contribution in [0, 0.1) is 0 Å². The number of carbonyl (C=O) groups excluding carboxylic acids is 2. The maximum Gasteiger partial charge on any atom is 0.312 e. The van der Waals surface area contributed by atoms with E-state index in [0.717, 1.165) is 52.0 Å². The van der Waals surface area contributed by atoms with Crippen LogP contribution in [0.1, 0.15) is 31.2 Å². The molecular weight excluding hydrogens is 304 g/mol. The van der Waals surface area contributed by atoms with Crippen molar-refractivity contribution in [1.29, 1.82) is 0 Å². The second kappa shape index (κ2) is 9.93. The summed E-state index contributed by atoms with van der Waals surface area (Å²) in [5, 5.41) is 2.56. The summed E-state index contributed by atoms with van der Waals surface area (Å²) in [7, 11) is 0. The van der Waals surface area contributed by atoms with E-state index in [4.69, 9.17) is 5.73 Å². The number of benzene rings is 1. The number of carbonyl (C=O) groups is 2. The van der Waals surface area contributed by atoms with Gasteiger partial charge in [0.2, 0.25) is 5.91 Å². The smallest absolute Gasteiger partial charge is 0.312 e. The predicted octanol–water partition coefficient (Wildman–Crippen LogP) is 1.56. The van der Waals surface area contributed by atoms with E-state index < -0.39 is 6.03 Å². The molecule has 1 aromatic rings. The van der Waals surface area contributed by atoms with Gasteiger partial charge in [-0.05, 0) is 18.4 Å². The Balaban J connectivity index is 1.58. The summed E-state index contributed by atoms with van der Waals surface area (Å²) < 4.78 is 0. The molecule has 132 valence electrons. The Kier molecular flexibility index (Phi) is 7.55. The summed E-state index contributed by atoms with van der Waals surface area (Å²) in [5.74, 6) is 0.247. The first kappa shape index (κ1) is 18.3. The Morgan fingerprint density at radius 3 is 2.38 bits per heavy atom. The third-order valence-electron chi connectivity index (χ3n) is 4.34. The normalized spacial score (nSPS) is 15.2. The van der Waals surface area contributed by atoms with Gasteiger partial charge >= 0.3 is 6.03 Å². The van der Waals surface area contributed by atoms with E-state index in [2.05, 4.69) is 34.5 Å². The van der Waals surface area contributed by atoms with Crippen molar-refractivity contribution in [3.8, 4) is 0 Å². The number of nitrogens with one attached hydrogen (secondary N) is 1. The quantitative estimate of drug-likeness (QED) is 0.709. The topological polar surface area (TPSA) is 78.7 Å². The third kappa shape index (κ3) is 6.58. The molecule has 0 aromatic heterocycles. The summed E-state index contributed by atoms with van der Waals surface area (Å²) in [4.78, 5) is 27.1. The van der Waals surface area contributed by atoms with E-state index in [0.29, 0.717) is 13.0 Å². The van der Waals surface area contributed by atoms with Gasteiger partial charge in [0.25, 0.3) is 0 Å². The Morgan fingerprint density at radius 2 is 1.71 bits per heavy atom. The van der Waals surface area contributed by atoms with Gasteiger partial charge in [-0.1, -0.05) is 36.8 Å². The second-order valence-electron chi connectivity index (χ2n) is 6.24. The second-order valence-corrected chi connectivity index (χ2v) is 6.24. The lowest BCUT2D eigenvalue weighted by Crippen LogP contribution is -2.48. The summed E-state index contributed by atoms with van der Waals surface area (Å²) in [6.45, 7) is 5.04. The van der Waals surface area contributed by atoms with Crippen molar-refractivity contribution in [2.75, 3.05) is 32.7 Å². The molecule has 24 heavy (non-hydrogen) atoms. The van der Waals surface area contributed by atoms with Crippen molar-refractivity contribution in [2.24, 2.45) is 5.73 Å². The van der Waals surface area contributed by atoms with Crippen molar-refractivity contribution in [2.45, 2.75) is 32.2 Å². The molecule has 1 aromatic carbocycles. The van der Waals surface area contributed by atoms with E-state index in [-0.39, 0.29) is 5.91 Å². The number of amides is 3. The summed E-state index contributed by atoms with van der Waals surface area (Å²) in [6.07, 6.45) is 3.25. The first-order valence-electron chi connectivity index (χ1n) is 8.72. The lowest BCUT2D eigenvalue weighted by Gasteiger charge is -2.34. The zero-order valence-corrected chi connectivity index (χ0v) is 14.2. The molecule has 1 aliphatic heterocycles. The fourth-order valence-corrected chi connectivity index (χ4v) is 2.94. The van der Waals surface area contributed by atoms with Crippen molar-refractivity contribution in [1.82, 2.24) is 15.1 Å². The highest BCUT2D eigenvalue weighted by Crippen LogP contribution is 2.10. The standard InChI is InChI=1S/C18H28N4O2/c19-18(24)20-10-6-2-5-9-17(23)22-13-11-21(12-14-22)15-16-7-3-1-4-8-16/h1,3-4,7-8H,2,5-6,9-15H2,(H3,19,20,24). The van der Waals surface area contributed by atoms with Crippen LogP contribution in [0.3, 0.4) is 0 Å². The van der Waals surface area contributed by atoms with Crippen LogP contribution in [0.4, 0.5) is 4.79 Å². The number of hydrogen-bond donors (Lipinski definition) is 2. The molecule has 0 atom stereocenters. The molecule has 6 nitrogen and oxygen atoms in total. The van der Waals surface area contributed by atoms with E-state index in [1.54, 1.807) is 0 Å². The zero-order valence-electron chi connectivity index (χ0n) is 14.2. The van der Waals surface area contributed by atoms with Crippen LogP contribution in [-0.2, 0) is 11.3 Å². The van der Waals surface area contributed by atoms with Crippen LogP contribution in [-0.4, -0.2) is 54.5 Å². The van der Waals surface area contributed by atoms with Gasteiger partial charge < -0.3 is 16.0 Å². The van der Waals surface area contributed by atoms with Gasteiger partial charge in [0, 0.05) is 45.7 Å². The van der Waals surface area contributed by atoms with E-state index in [1.165, 1.54) is 5.56 Å². The molecule has 0 spiro atoms. The largest absolute Gasteiger partial charge is 0.352 e. The Labute approximate surface area is 144 Å². The monoisotopic (exact) mass is 332 g/mol. The van der Waals surface area contributed by atoms with Crippen LogP contribution < -0.4 is 11.1 Å². The SMILES string of the molecule is NC(=O)NCCCCCC(=O)N1CCN(Cc2ccccc2)CC1. The van der Waals surface area contributed by atoms with Crippen LogP contribution in [0.5, 0.6) is 0 Å². The highest BCUT2D eigenvalue weighted by molar-refractivity contribution is 5.76. The third-order valence-corrected chi connectivity index (χ3v) is 4.34. The Bertz CT molecular complexity index is 513. The molecule has 6 heteroatoms. The predicted molar refractivity (Wildman–Crippen MR) is 94.4 cm³/mol. The molecule has 3 amide bonds. The first-order chi connectivity index (χ1) is 11.6. The molecule has 1 fully saturated rings. The van der Waals surface area contributed by atoms with Crippen molar-refractivity contribution < 1.29 is 9.59 Å². The van der Waals surface area contributed by atoms with E-state index in [1.807, 2.05) is 11.0 Å². The highest BCUT2D eigenvalue weighted by atomic mass is 16.2. The number of hydrogen-bond acceptors (Lipinski definition) is 3. The molecule has 0 saturated carbocycles. The highest BCUT2D eigenvalue weighted by Gasteiger charge is 2.20. The molecule has 0 bridgehead atoms. The molecule has 1 aliphatic rings. The van der Waals surface area contributed by atoms with Crippen LogP contribution in [0.15, 0.2) is 30.3 Å². The van der Waals surface area contributed by atoms with Crippen molar-refractivity contribution in [3.63, 3.8) is 0 Å². The number of unbranched alkanes of at least 4 members (excludes halogenated alkanes) is 2. The molecular formula is C18H28N4O2. The summed E-state index contributed by atoms with van der Waals surface area (Å²) in [6, 6.07) is 9.96. The minimum absolute atomic E-state index is 0.247. The van der Waals surface area contributed by atoms with Crippen molar-refractivity contribution >= 4 is 11.9 Å².